The number of imidazole rings is 1. The van der Waals surface area contributed by atoms with Crippen molar-refractivity contribution < 1.29 is 4.74 Å². The molecule has 0 saturated carbocycles. The Morgan fingerprint density at radius 3 is 2.85 bits per heavy atom. The van der Waals surface area contributed by atoms with E-state index in [1.165, 1.54) is 5.56 Å². The first kappa shape index (κ1) is 19.0. The molecule has 1 fully saturated rings. The Labute approximate surface area is 156 Å². The third-order valence-electron chi connectivity index (χ3n) is 5.33. The van der Waals surface area contributed by atoms with E-state index in [2.05, 4.69) is 58.6 Å². The average molecular weight is 358 g/mol. The molecular formula is C20H31N5O. The first-order chi connectivity index (χ1) is 12.7. The molecule has 2 aromatic rings. The van der Waals surface area contributed by atoms with Crippen LogP contribution in [0.2, 0.25) is 0 Å². The molecule has 2 aromatic heterocycles. The van der Waals surface area contributed by atoms with E-state index < -0.39 is 0 Å². The molecule has 1 aliphatic heterocycles. The van der Waals surface area contributed by atoms with E-state index in [1.807, 2.05) is 24.7 Å². The third kappa shape index (κ3) is 3.98. The predicted octanol–water partition coefficient (Wildman–Crippen LogP) is 2.49. The molecule has 26 heavy (non-hydrogen) atoms. The highest BCUT2D eigenvalue weighted by molar-refractivity contribution is 5.22. The van der Waals surface area contributed by atoms with E-state index in [-0.39, 0.29) is 18.2 Å². The van der Waals surface area contributed by atoms with Crippen LogP contribution in [0.1, 0.15) is 49.9 Å². The van der Waals surface area contributed by atoms with E-state index in [4.69, 9.17) is 4.74 Å². The molecule has 3 rings (SSSR count). The maximum absolute atomic E-state index is 6.17. The normalized spacial score (nSPS) is 22.5. The van der Waals surface area contributed by atoms with Gasteiger partial charge in [0.2, 0.25) is 0 Å². The maximum Gasteiger partial charge on any atom is 0.128 e. The summed E-state index contributed by atoms with van der Waals surface area (Å²) in [5, 5.41) is 3.65. The summed E-state index contributed by atoms with van der Waals surface area (Å²) in [7, 11) is 2.05. The van der Waals surface area contributed by atoms with Gasteiger partial charge >= 0.3 is 0 Å². The minimum atomic E-state index is 0.0704. The van der Waals surface area contributed by atoms with Crippen molar-refractivity contribution in [1.29, 1.82) is 0 Å². The van der Waals surface area contributed by atoms with Gasteiger partial charge in [-0.15, -0.1) is 0 Å². The molecular weight excluding hydrogens is 326 g/mol. The van der Waals surface area contributed by atoms with Gasteiger partial charge in [0, 0.05) is 44.8 Å². The zero-order valence-corrected chi connectivity index (χ0v) is 16.4. The monoisotopic (exact) mass is 357 g/mol. The van der Waals surface area contributed by atoms with Crippen molar-refractivity contribution in [2.24, 2.45) is 7.05 Å². The first-order valence-electron chi connectivity index (χ1n) is 9.65. The van der Waals surface area contributed by atoms with E-state index in [0.29, 0.717) is 0 Å². The van der Waals surface area contributed by atoms with Crippen LogP contribution >= 0.6 is 0 Å². The summed E-state index contributed by atoms with van der Waals surface area (Å²) in [5.41, 5.74) is 2.43. The SMILES string of the molecule is CCc1cccnc1C(C)NC[C@@H]1OCCN(CC)[C@H]1c1nccn1C. The molecule has 1 saturated heterocycles. The van der Waals surface area contributed by atoms with E-state index in [0.717, 1.165) is 44.2 Å². The van der Waals surface area contributed by atoms with Crippen molar-refractivity contribution >= 4 is 0 Å². The third-order valence-corrected chi connectivity index (χ3v) is 5.33. The molecule has 0 amide bonds. The molecule has 6 heteroatoms. The number of rotatable bonds is 7. The first-order valence-corrected chi connectivity index (χ1v) is 9.65. The summed E-state index contributed by atoms with van der Waals surface area (Å²) in [6.07, 6.45) is 6.81. The molecule has 1 N–H and O–H groups in total. The number of nitrogens with zero attached hydrogens (tertiary/aromatic N) is 4. The van der Waals surface area contributed by atoms with Crippen LogP contribution in [-0.4, -0.2) is 51.8 Å². The van der Waals surface area contributed by atoms with Crippen molar-refractivity contribution in [2.75, 3.05) is 26.2 Å². The van der Waals surface area contributed by atoms with Crippen LogP contribution in [0.15, 0.2) is 30.7 Å². The number of morpholine rings is 1. The van der Waals surface area contributed by atoms with Crippen LogP contribution in [0.25, 0.3) is 0 Å². The van der Waals surface area contributed by atoms with Gasteiger partial charge < -0.3 is 14.6 Å². The fourth-order valence-corrected chi connectivity index (χ4v) is 3.83. The summed E-state index contributed by atoms with van der Waals surface area (Å²) in [6.45, 7) is 10.0. The Balaban J connectivity index is 1.73. The fourth-order valence-electron chi connectivity index (χ4n) is 3.83. The van der Waals surface area contributed by atoms with Gasteiger partial charge in [0.1, 0.15) is 5.82 Å². The zero-order chi connectivity index (χ0) is 18.5. The Hall–Kier alpha value is -1.76. The number of hydrogen-bond donors (Lipinski definition) is 1. The topological polar surface area (TPSA) is 55.2 Å². The number of likely N-dealkylation sites (N-methyl/N-ethyl adjacent to an activating group) is 1. The highest BCUT2D eigenvalue weighted by Crippen LogP contribution is 2.28. The van der Waals surface area contributed by atoms with Gasteiger partial charge in [-0.2, -0.15) is 0 Å². The van der Waals surface area contributed by atoms with Crippen LogP contribution in [0.3, 0.4) is 0 Å². The van der Waals surface area contributed by atoms with Crippen LogP contribution < -0.4 is 5.32 Å². The minimum absolute atomic E-state index is 0.0704. The lowest BCUT2D eigenvalue weighted by Gasteiger charge is -2.40. The number of nitrogens with one attached hydrogen (secondary N) is 1. The Morgan fingerprint density at radius 2 is 2.15 bits per heavy atom. The van der Waals surface area contributed by atoms with Crippen LogP contribution in [0.4, 0.5) is 0 Å². The maximum atomic E-state index is 6.17. The van der Waals surface area contributed by atoms with Crippen LogP contribution in [-0.2, 0) is 18.2 Å². The standard InChI is InChI=1S/C20H31N5O/c1-5-16-8-7-9-21-18(16)15(3)23-14-17-19(20-22-10-11-24(20)4)25(6-2)12-13-26-17/h7-11,15,17,19,23H,5-6,12-14H2,1-4H3/t15?,17-,19+/m0/s1. The van der Waals surface area contributed by atoms with Gasteiger partial charge in [0.05, 0.1) is 24.4 Å². The molecule has 0 aromatic carbocycles. The quantitative estimate of drug-likeness (QED) is 0.825. The molecule has 6 nitrogen and oxygen atoms in total. The van der Waals surface area contributed by atoms with Gasteiger partial charge in [-0.1, -0.05) is 19.9 Å². The summed E-state index contributed by atoms with van der Waals surface area (Å²) in [5.74, 6) is 1.07. The highest BCUT2D eigenvalue weighted by Gasteiger charge is 2.35. The largest absolute Gasteiger partial charge is 0.373 e. The summed E-state index contributed by atoms with van der Waals surface area (Å²) < 4.78 is 8.27. The second-order valence-electron chi connectivity index (χ2n) is 6.91. The Kier molecular flexibility index (Phi) is 6.40. The lowest BCUT2D eigenvalue weighted by Crippen LogP contribution is -2.50. The minimum Gasteiger partial charge on any atom is -0.373 e. The number of ether oxygens (including phenoxy) is 1. The number of aromatic nitrogens is 3. The highest BCUT2D eigenvalue weighted by atomic mass is 16.5. The van der Waals surface area contributed by atoms with Crippen molar-refractivity contribution in [3.8, 4) is 0 Å². The number of pyridine rings is 1. The van der Waals surface area contributed by atoms with Gasteiger partial charge in [0.15, 0.2) is 0 Å². The molecule has 1 aliphatic rings. The molecule has 3 atom stereocenters. The van der Waals surface area contributed by atoms with Gasteiger partial charge in [0.25, 0.3) is 0 Å². The van der Waals surface area contributed by atoms with E-state index in [1.54, 1.807) is 0 Å². The van der Waals surface area contributed by atoms with E-state index in [9.17, 15) is 0 Å². The zero-order valence-electron chi connectivity index (χ0n) is 16.4. The summed E-state index contributed by atoms with van der Waals surface area (Å²) in [4.78, 5) is 11.7. The molecule has 1 unspecified atom stereocenters. The molecule has 3 heterocycles. The molecule has 0 aliphatic carbocycles. The fraction of sp³-hybridized carbons (Fsp3) is 0.600. The predicted molar refractivity (Wildman–Crippen MR) is 103 cm³/mol. The summed E-state index contributed by atoms with van der Waals surface area (Å²) in [6, 6.07) is 4.53. The van der Waals surface area contributed by atoms with Crippen molar-refractivity contribution in [3.63, 3.8) is 0 Å². The second-order valence-corrected chi connectivity index (χ2v) is 6.91. The van der Waals surface area contributed by atoms with Crippen molar-refractivity contribution in [3.05, 3.63) is 47.8 Å². The Bertz CT molecular complexity index is 701. The summed E-state index contributed by atoms with van der Waals surface area (Å²) >= 11 is 0. The molecule has 0 spiro atoms. The van der Waals surface area contributed by atoms with Crippen molar-refractivity contribution in [1.82, 2.24) is 24.8 Å². The second kappa shape index (κ2) is 8.75. The van der Waals surface area contributed by atoms with Crippen LogP contribution in [0.5, 0.6) is 0 Å². The van der Waals surface area contributed by atoms with E-state index >= 15 is 0 Å². The lowest BCUT2D eigenvalue weighted by molar-refractivity contribution is -0.0736. The van der Waals surface area contributed by atoms with Gasteiger partial charge in [-0.05, 0) is 31.5 Å². The van der Waals surface area contributed by atoms with Crippen molar-refractivity contribution in [2.45, 2.75) is 45.4 Å². The molecule has 0 radical (unpaired) electrons. The van der Waals surface area contributed by atoms with Gasteiger partial charge in [-0.25, -0.2) is 4.98 Å². The average Bonchev–Trinajstić information content (AvgIpc) is 3.11. The number of aryl methyl sites for hydroxylation is 2. The molecule has 0 bridgehead atoms. The lowest BCUT2D eigenvalue weighted by atomic mass is 10.0. The van der Waals surface area contributed by atoms with Crippen LogP contribution in [0, 0.1) is 0 Å². The smallest absolute Gasteiger partial charge is 0.128 e. The number of hydrogen-bond acceptors (Lipinski definition) is 5. The molecule has 142 valence electrons. The van der Waals surface area contributed by atoms with Gasteiger partial charge in [-0.3, -0.25) is 9.88 Å². The Morgan fingerprint density at radius 1 is 1.31 bits per heavy atom.